The molecule has 1 aromatic rings. The predicted octanol–water partition coefficient (Wildman–Crippen LogP) is 4.31. The average Bonchev–Trinajstić information content (AvgIpc) is 3.02. The molecule has 0 spiro atoms. The van der Waals surface area contributed by atoms with Gasteiger partial charge in [0.05, 0.1) is 0 Å². The molecule has 0 radical (unpaired) electrons. The average molecular weight is 329 g/mol. The molecule has 1 atom stereocenters. The summed E-state index contributed by atoms with van der Waals surface area (Å²) in [6.07, 6.45) is 5.82. The molecule has 132 valence electrons. The summed E-state index contributed by atoms with van der Waals surface area (Å²) >= 11 is 0. The van der Waals surface area contributed by atoms with E-state index in [0.29, 0.717) is 6.42 Å². The number of likely N-dealkylation sites (tertiary alicyclic amines) is 1. The predicted molar refractivity (Wildman–Crippen MR) is 97.9 cm³/mol. The smallest absolute Gasteiger partial charge is 0.290 e. The Balaban J connectivity index is 1.91. The third-order valence-corrected chi connectivity index (χ3v) is 5.42. The van der Waals surface area contributed by atoms with Gasteiger partial charge in [-0.2, -0.15) is 0 Å². The minimum Gasteiger partial charge on any atom is -0.333 e. The summed E-state index contributed by atoms with van der Waals surface area (Å²) < 4.78 is 0. The van der Waals surface area contributed by atoms with Crippen LogP contribution in [0.3, 0.4) is 0 Å². The van der Waals surface area contributed by atoms with Crippen LogP contribution in [-0.4, -0.2) is 29.2 Å². The Labute approximate surface area is 146 Å². The lowest BCUT2D eigenvalue weighted by Crippen LogP contribution is -2.44. The molecule has 0 saturated carbocycles. The van der Waals surface area contributed by atoms with E-state index in [1.165, 1.54) is 11.1 Å². The molecule has 1 aliphatic heterocycles. The molecule has 1 aromatic carbocycles. The second-order valence-corrected chi connectivity index (χ2v) is 7.74. The molecule has 1 saturated heterocycles. The van der Waals surface area contributed by atoms with Crippen molar-refractivity contribution in [2.75, 3.05) is 6.54 Å². The molecule has 0 bridgehead atoms. The van der Waals surface area contributed by atoms with Gasteiger partial charge in [-0.25, -0.2) is 0 Å². The van der Waals surface area contributed by atoms with Gasteiger partial charge < -0.3 is 4.90 Å². The molecule has 0 aliphatic carbocycles. The van der Waals surface area contributed by atoms with Crippen molar-refractivity contribution >= 4 is 11.7 Å². The Kier molecular flexibility index (Phi) is 6.20. The van der Waals surface area contributed by atoms with Crippen LogP contribution >= 0.6 is 0 Å². The summed E-state index contributed by atoms with van der Waals surface area (Å²) in [6.45, 7) is 8.56. The maximum Gasteiger partial charge on any atom is 0.290 e. The van der Waals surface area contributed by atoms with Crippen molar-refractivity contribution in [2.45, 2.75) is 72.3 Å². The largest absolute Gasteiger partial charge is 0.333 e. The van der Waals surface area contributed by atoms with Crippen LogP contribution in [0.2, 0.25) is 0 Å². The number of ketones is 1. The molecule has 1 fully saturated rings. The lowest BCUT2D eigenvalue weighted by Gasteiger charge is -2.28. The van der Waals surface area contributed by atoms with E-state index in [4.69, 9.17) is 0 Å². The van der Waals surface area contributed by atoms with E-state index < -0.39 is 5.41 Å². The van der Waals surface area contributed by atoms with Crippen molar-refractivity contribution in [1.82, 2.24) is 4.90 Å². The summed E-state index contributed by atoms with van der Waals surface area (Å²) in [5.41, 5.74) is 2.10. The highest BCUT2D eigenvalue weighted by Gasteiger charge is 2.38. The van der Waals surface area contributed by atoms with Gasteiger partial charge in [0.25, 0.3) is 5.91 Å². The van der Waals surface area contributed by atoms with Crippen LogP contribution in [0.1, 0.15) is 64.0 Å². The zero-order valence-electron chi connectivity index (χ0n) is 15.6. The van der Waals surface area contributed by atoms with E-state index in [2.05, 4.69) is 31.2 Å². The van der Waals surface area contributed by atoms with E-state index in [0.717, 1.165) is 38.6 Å². The lowest BCUT2D eigenvalue weighted by atomic mass is 9.84. The van der Waals surface area contributed by atoms with Crippen LogP contribution < -0.4 is 0 Å². The quantitative estimate of drug-likeness (QED) is 0.699. The topological polar surface area (TPSA) is 37.4 Å². The molecule has 0 aromatic heterocycles. The van der Waals surface area contributed by atoms with Crippen molar-refractivity contribution in [3.8, 4) is 0 Å². The first-order valence-corrected chi connectivity index (χ1v) is 9.26. The molecule has 3 heteroatoms. The molecule has 1 heterocycles. The zero-order valence-corrected chi connectivity index (χ0v) is 15.6. The Morgan fingerprint density at radius 2 is 2.04 bits per heavy atom. The number of nitrogens with zero attached hydrogens (tertiary/aromatic N) is 1. The Morgan fingerprint density at radius 3 is 2.71 bits per heavy atom. The molecule has 1 aliphatic rings. The van der Waals surface area contributed by atoms with E-state index in [1.54, 1.807) is 0 Å². The van der Waals surface area contributed by atoms with Gasteiger partial charge in [0.1, 0.15) is 0 Å². The van der Waals surface area contributed by atoms with Crippen LogP contribution in [0.5, 0.6) is 0 Å². The lowest BCUT2D eigenvalue weighted by molar-refractivity contribution is -0.149. The number of carbonyl (C=O) groups excluding carboxylic acids is 2. The van der Waals surface area contributed by atoms with Gasteiger partial charge in [-0.1, -0.05) is 50.6 Å². The summed E-state index contributed by atoms with van der Waals surface area (Å²) in [4.78, 5) is 26.9. The number of Topliss-reactive ketones (excluding diaryl/α,β-unsaturated/α-hetero) is 1. The van der Waals surface area contributed by atoms with Crippen molar-refractivity contribution < 1.29 is 9.59 Å². The van der Waals surface area contributed by atoms with Crippen molar-refractivity contribution in [3.05, 3.63) is 35.4 Å². The van der Waals surface area contributed by atoms with Gasteiger partial charge in [-0.05, 0) is 51.0 Å². The maximum absolute atomic E-state index is 12.6. The Bertz CT molecular complexity index is 591. The fourth-order valence-corrected chi connectivity index (χ4v) is 3.39. The summed E-state index contributed by atoms with van der Waals surface area (Å²) in [5, 5.41) is 0. The van der Waals surface area contributed by atoms with Gasteiger partial charge in [0.15, 0.2) is 0 Å². The minimum atomic E-state index is -0.550. The minimum absolute atomic E-state index is 0.226. The number of aryl methyl sites for hydroxylation is 2. The monoisotopic (exact) mass is 329 g/mol. The first-order valence-electron chi connectivity index (χ1n) is 9.26. The number of rotatable bonds is 7. The molecule has 1 amide bonds. The van der Waals surface area contributed by atoms with E-state index in [9.17, 15) is 9.59 Å². The number of carbonyl (C=O) groups is 2. The molecule has 1 unspecified atom stereocenters. The van der Waals surface area contributed by atoms with Gasteiger partial charge in [-0.3, -0.25) is 9.59 Å². The summed E-state index contributed by atoms with van der Waals surface area (Å²) in [5.74, 6) is -0.490. The summed E-state index contributed by atoms with van der Waals surface area (Å²) in [7, 11) is 0. The van der Waals surface area contributed by atoms with Crippen molar-refractivity contribution in [2.24, 2.45) is 5.41 Å². The molecule has 24 heavy (non-hydrogen) atoms. The number of benzene rings is 1. The fourth-order valence-electron chi connectivity index (χ4n) is 3.39. The van der Waals surface area contributed by atoms with Gasteiger partial charge in [0.2, 0.25) is 5.78 Å². The number of amides is 1. The van der Waals surface area contributed by atoms with Crippen LogP contribution in [0, 0.1) is 12.3 Å². The van der Waals surface area contributed by atoms with Crippen molar-refractivity contribution in [3.63, 3.8) is 0 Å². The van der Waals surface area contributed by atoms with Crippen molar-refractivity contribution in [1.29, 1.82) is 0 Å². The second kappa shape index (κ2) is 7.96. The molecular weight excluding hydrogens is 298 g/mol. The highest BCUT2D eigenvalue weighted by molar-refractivity contribution is 6.38. The van der Waals surface area contributed by atoms with Crippen LogP contribution in [-0.2, 0) is 16.0 Å². The standard InChI is InChI=1S/C21H31NO2/c1-5-21(3,4)19(23)20(24)22-14-8-13-18(22)12-7-11-17-10-6-9-16(2)15-17/h6,9-10,15,18H,5,7-8,11-14H2,1-4H3. The van der Waals surface area contributed by atoms with E-state index in [1.807, 2.05) is 25.7 Å². The van der Waals surface area contributed by atoms with Crippen LogP contribution in [0.25, 0.3) is 0 Å². The van der Waals surface area contributed by atoms with Gasteiger partial charge >= 0.3 is 0 Å². The maximum atomic E-state index is 12.6. The summed E-state index contributed by atoms with van der Waals surface area (Å²) in [6, 6.07) is 8.84. The first-order chi connectivity index (χ1) is 11.3. The Hall–Kier alpha value is -1.64. The third-order valence-electron chi connectivity index (χ3n) is 5.42. The SMILES string of the molecule is CCC(C)(C)C(=O)C(=O)N1CCCC1CCCc1cccc(C)c1. The van der Waals surface area contributed by atoms with Crippen LogP contribution in [0.4, 0.5) is 0 Å². The van der Waals surface area contributed by atoms with E-state index in [-0.39, 0.29) is 17.7 Å². The van der Waals surface area contributed by atoms with E-state index >= 15 is 0 Å². The number of hydrogen-bond acceptors (Lipinski definition) is 2. The molecule has 0 N–H and O–H groups in total. The fraction of sp³-hybridized carbons (Fsp3) is 0.619. The van der Waals surface area contributed by atoms with Crippen LogP contribution in [0.15, 0.2) is 24.3 Å². The normalized spacial score (nSPS) is 18.0. The first kappa shape index (κ1) is 18.7. The highest BCUT2D eigenvalue weighted by atomic mass is 16.2. The molecular formula is C21H31NO2. The van der Waals surface area contributed by atoms with Gasteiger partial charge in [-0.15, -0.1) is 0 Å². The second-order valence-electron chi connectivity index (χ2n) is 7.74. The molecule has 3 nitrogen and oxygen atoms in total. The highest BCUT2D eigenvalue weighted by Crippen LogP contribution is 2.27. The van der Waals surface area contributed by atoms with Gasteiger partial charge in [0, 0.05) is 18.0 Å². The Morgan fingerprint density at radius 1 is 1.29 bits per heavy atom. The molecule has 2 rings (SSSR count). The zero-order chi connectivity index (χ0) is 17.7. The number of hydrogen-bond donors (Lipinski definition) is 0. The third kappa shape index (κ3) is 4.46.